The average Bonchev–Trinajstić information content (AvgIpc) is 2.06. The number of halogens is 2. The minimum absolute atomic E-state index is 0.154. The number of anilines is 1. The van der Waals surface area contributed by atoms with E-state index in [0.29, 0.717) is 11.1 Å². The summed E-state index contributed by atoms with van der Waals surface area (Å²) in [5.41, 5.74) is 0. The highest BCUT2D eigenvalue weighted by Crippen LogP contribution is 2.28. The van der Waals surface area contributed by atoms with Gasteiger partial charge in [-0.05, 0) is 34.8 Å². The fourth-order valence-corrected chi connectivity index (χ4v) is 2.17. The fourth-order valence-electron chi connectivity index (χ4n) is 1.42. The Labute approximate surface area is 95.6 Å². The van der Waals surface area contributed by atoms with Crippen molar-refractivity contribution in [1.29, 1.82) is 0 Å². The lowest BCUT2D eigenvalue weighted by Crippen LogP contribution is -2.39. The standard InChI is InChI=1S/C9H10BrClN2O/c10-8-1-5(11)4-12-9(8)13-6-2-7(14)3-6/h1,4,6-7,14H,2-3H2,(H,12,13). The Hall–Kier alpha value is -0.320. The Morgan fingerprint density at radius 3 is 2.86 bits per heavy atom. The molecule has 14 heavy (non-hydrogen) atoms. The van der Waals surface area contributed by atoms with Crippen LogP contribution in [0.4, 0.5) is 5.82 Å². The molecule has 1 saturated carbocycles. The SMILES string of the molecule is OC1CC(Nc2ncc(Cl)cc2Br)C1. The van der Waals surface area contributed by atoms with Gasteiger partial charge in [0.2, 0.25) is 0 Å². The largest absolute Gasteiger partial charge is 0.393 e. The molecule has 0 aromatic carbocycles. The lowest BCUT2D eigenvalue weighted by atomic mass is 9.89. The van der Waals surface area contributed by atoms with Gasteiger partial charge in [0.15, 0.2) is 0 Å². The van der Waals surface area contributed by atoms with Crippen LogP contribution in [0.15, 0.2) is 16.7 Å². The summed E-state index contributed by atoms with van der Waals surface area (Å²) < 4.78 is 0.853. The molecule has 2 rings (SSSR count). The zero-order chi connectivity index (χ0) is 10.1. The van der Waals surface area contributed by atoms with Gasteiger partial charge in [0.25, 0.3) is 0 Å². The number of rotatable bonds is 2. The molecule has 0 spiro atoms. The minimum atomic E-state index is -0.154. The predicted octanol–water partition coefficient (Wildman–Crippen LogP) is 2.43. The van der Waals surface area contributed by atoms with Crippen molar-refractivity contribution in [3.8, 4) is 0 Å². The Morgan fingerprint density at radius 1 is 1.57 bits per heavy atom. The van der Waals surface area contributed by atoms with Crippen LogP contribution in [0.3, 0.4) is 0 Å². The smallest absolute Gasteiger partial charge is 0.140 e. The molecule has 1 fully saturated rings. The van der Waals surface area contributed by atoms with Crippen LogP contribution in [0.1, 0.15) is 12.8 Å². The van der Waals surface area contributed by atoms with Gasteiger partial charge in [0, 0.05) is 12.2 Å². The van der Waals surface area contributed by atoms with Gasteiger partial charge in [-0.2, -0.15) is 0 Å². The van der Waals surface area contributed by atoms with Crippen molar-refractivity contribution in [2.45, 2.75) is 25.0 Å². The van der Waals surface area contributed by atoms with Crippen LogP contribution in [0.2, 0.25) is 5.02 Å². The molecule has 0 atom stereocenters. The summed E-state index contributed by atoms with van der Waals surface area (Å²) in [6, 6.07) is 2.13. The molecule has 0 bridgehead atoms. The fraction of sp³-hybridized carbons (Fsp3) is 0.444. The number of aromatic nitrogens is 1. The highest BCUT2D eigenvalue weighted by molar-refractivity contribution is 9.10. The first-order valence-electron chi connectivity index (χ1n) is 4.41. The van der Waals surface area contributed by atoms with E-state index in [2.05, 4.69) is 26.2 Å². The molecule has 3 nitrogen and oxygen atoms in total. The molecule has 1 aliphatic rings. The monoisotopic (exact) mass is 276 g/mol. The molecular formula is C9H10BrClN2O. The molecule has 2 N–H and O–H groups in total. The normalized spacial score (nSPS) is 25.6. The zero-order valence-electron chi connectivity index (χ0n) is 7.37. The topological polar surface area (TPSA) is 45.1 Å². The molecule has 1 aliphatic carbocycles. The molecule has 0 radical (unpaired) electrons. The van der Waals surface area contributed by atoms with Crippen LogP contribution in [-0.2, 0) is 0 Å². The maximum absolute atomic E-state index is 9.12. The third kappa shape index (κ3) is 2.19. The maximum Gasteiger partial charge on any atom is 0.140 e. The quantitative estimate of drug-likeness (QED) is 0.873. The average molecular weight is 278 g/mol. The van der Waals surface area contributed by atoms with E-state index in [1.54, 1.807) is 12.3 Å². The summed E-state index contributed by atoms with van der Waals surface area (Å²) in [6.07, 6.45) is 3.02. The number of pyridine rings is 1. The summed E-state index contributed by atoms with van der Waals surface area (Å²) in [7, 11) is 0. The van der Waals surface area contributed by atoms with Crippen molar-refractivity contribution in [3.05, 3.63) is 21.8 Å². The minimum Gasteiger partial charge on any atom is -0.393 e. The van der Waals surface area contributed by atoms with E-state index < -0.39 is 0 Å². The second-order valence-electron chi connectivity index (χ2n) is 3.45. The number of nitrogens with zero attached hydrogens (tertiary/aromatic N) is 1. The predicted molar refractivity (Wildman–Crippen MR) is 59.6 cm³/mol. The van der Waals surface area contributed by atoms with Crippen LogP contribution in [0, 0.1) is 0 Å². The Kier molecular flexibility index (Phi) is 2.95. The van der Waals surface area contributed by atoms with Crippen LogP contribution in [0.5, 0.6) is 0 Å². The van der Waals surface area contributed by atoms with Gasteiger partial charge in [0.1, 0.15) is 5.82 Å². The highest BCUT2D eigenvalue weighted by Gasteiger charge is 2.27. The van der Waals surface area contributed by atoms with E-state index in [1.165, 1.54) is 0 Å². The van der Waals surface area contributed by atoms with E-state index in [-0.39, 0.29) is 6.10 Å². The first-order valence-corrected chi connectivity index (χ1v) is 5.58. The Balaban J connectivity index is 2.02. The molecular weight excluding hydrogens is 267 g/mol. The summed E-state index contributed by atoms with van der Waals surface area (Å²) in [6.45, 7) is 0. The van der Waals surface area contributed by atoms with Gasteiger partial charge in [-0.15, -0.1) is 0 Å². The van der Waals surface area contributed by atoms with E-state index >= 15 is 0 Å². The third-order valence-corrected chi connectivity index (χ3v) is 3.07. The molecule has 0 aliphatic heterocycles. The van der Waals surface area contributed by atoms with E-state index in [4.69, 9.17) is 16.7 Å². The number of aliphatic hydroxyl groups is 1. The summed E-state index contributed by atoms with van der Waals surface area (Å²) in [5.74, 6) is 0.784. The van der Waals surface area contributed by atoms with Crippen LogP contribution in [0.25, 0.3) is 0 Å². The molecule has 5 heteroatoms. The molecule has 0 saturated heterocycles. The lowest BCUT2D eigenvalue weighted by Gasteiger charge is -2.32. The van der Waals surface area contributed by atoms with E-state index in [0.717, 1.165) is 23.1 Å². The van der Waals surface area contributed by atoms with Gasteiger partial charge in [-0.1, -0.05) is 11.6 Å². The van der Waals surface area contributed by atoms with Crippen molar-refractivity contribution in [2.75, 3.05) is 5.32 Å². The van der Waals surface area contributed by atoms with Crippen molar-refractivity contribution in [3.63, 3.8) is 0 Å². The second kappa shape index (κ2) is 4.04. The van der Waals surface area contributed by atoms with Crippen LogP contribution >= 0.6 is 27.5 Å². The van der Waals surface area contributed by atoms with Gasteiger partial charge in [-0.3, -0.25) is 0 Å². The summed E-state index contributed by atoms with van der Waals surface area (Å²) in [4.78, 5) is 4.15. The molecule has 1 aromatic heterocycles. The first kappa shape index (κ1) is 10.2. The molecule has 1 aromatic rings. The molecule has 0 unspecified atom stereocenters. The highest BCUT2D eigenvalue weighted by atomic mass is 79.9. The number of hydrogen-bond donors (Lipinski definition) is 2. The number of hydrogen-bond acceptors (Lipinski definition) is 3. The van der Waals surface area contributed by atoms with E-state index in [9.17, 15) is 0 Å². The molecule has 76 valence electrons. The van der Waals surface area contributed by atoms with Crippen LogP contribution < -0.4 is 5.32 Å². The van der Waals surface area contributed by atoms with Crippen molar-refractivity contribution in [2.24, 2.45) is 0 Å². The first-order chi connectivity index (χ1) is 6.65. The number of aliphatic hydroxyl groups excluding tert-OH is 1. The van der Waals surface area contributed by atoms with Gasteiger partial charge in [0.05, 0.1) is 15.6 Å². The number of nitrogens with one attached hydrogen (secondary N) is 1. The van der Waals surface area contributed by atoms with Gasteiger partial charge >= 0.3 is 0 Å². The van der Waals surface area contributed by atoms with Crippen molar-refractivity contribution >= 4 is 33.3 Å². The Morgan fingerprint density at radius 2 is 2.29 bits per heavy atom. The van der Waals surface area contributed by atoms with Crippen molar-refractivity contribution in [1.82, 2.24) is 4.98 Å². The zero-order valence-corrected chi connectivity index (χ0v) is 9.72. The maximum atomic E-state index is 9.12. The van der Waals surface area contributed by atoms with E-state index in [1.807, 2.05) is 0 Å². The molecule has 1 heterocycles. The summed E-state index contributed by atoms with van der Waals surface area (Å²) in [5, 5.41) is 13.0. The third-order valence-electron chi connectivity index (χ3n) is 2.26. The van der Waals surface area contributed by atoms with Gasteiger partial charge < -0.3 is 10.4 Å². The van der Waals surface area contributed by atoms with Crippen LogP contribution in [-0.4, -0.2) is 22.2 Å². The summed E-state index contributed by atoms with van der Waals surface area (Å²) >= 11 is 9.14. The second-order valence-corrected chi connectivity index (χ2v) is 4.74. The Bertz CT molecular complexity index is 342. The van der Waals surface area contributed by atoms with Crippen molar-refractivity contribution < 1.29 is 5.11 Å². The molecule has 0 amide bonds. The van der Waals surface area contributed by atoms with Gasteiger partial charge in [-0.25, -0.2) is 4.98 Å². The lowest BCUT2D eigenvalue weighted by molar-refractivity contribution is 0.0835.